The topological polar surface area (TPSA) is 59.1 Å². The molecule has 25 heavy (non-hydrogen) atoms. The Balaban J connectivity index is 1.67. The molecule has 0 aliphatic carbocycles. The third-order valence-electron chi connectivity index (χ3n) is 4.38. The minimum atomic E-state index is 0.107. The number of benzene rings is 1. The van der Waals surface area contributed by atoms with E-state index in [9.17, 15) is 0 Å². The minimum absolute atomic E-state index is 0.107. The van der Waals surface area contributed by atoms with E-state index in [-0.39, 0.29) is 6.61 Å². The summed E-state index contributed by atoms with van der Waals surface area (Å²) in [5.74, 6) is 0. The van der Waals surface area contributed by atoms with E-state index in [1.165, 1.54) is 11.1 Å². The molecular formula is C19H25N5O. The zero-order chi connectivity index (χ0) is 17.8. The average Bonchev–Trinajstić information content (AvgIpc) is 3.17. The van der Waals surface area contributed by atoms with Crippen molar-refractivity contribution in [3.05, 3.63) is 65.2 Å². The van der Waals surface area contributed by atoms with Crippen LogP contribution in [-0.4, -0.2) is 43.2 Å². The normalized spacial score (nSPS) is 11.4. The largest absolute Gasteiger partial charge is 0.394 e. The molecule has 0 atom stereocenters. The molecule has 0 spiro atoms. The van der Waals surface area contributed by atoms with Gasteiger partial charge in [-0.3, -0.25) is 9.58 Å². The van der Waals surface area contributed by atoms with Gasteiger partial charge in [0.25, 0.3) is 0 Å². The minimum Gasteiger partial charge on any atom is -0.394 e. The molecule has 0 fully saturated rings. The second kappa shape index (κ2) is 7.63. The molecule has 132 valence electrons. The van der Waals surface area contributed by atoms with Gasteiger partial charge in [-0.05, 0) is 33.0 Å². The second-order valence-electron chi connectivity index (χ2n) is 6.40. The van der Waals surface area contributed by atoms with Crippen LogP contribution in [-0.2, 0) is 19.6 Å². The maximum atomic E-state index is 9.14. The Kier molecular flexibility index (Phi) is 5.31. The molecule has 0 amide bonds. The zero-order valence-electron chi connectivity index (χ0n) is 15.1. The Morgan fingerprint density at radius 2 is 1.88 bits per heavy atom. The molecule has 0 bridgehead atoms. The van der Waals surface area contributed by atoms with Gasteiger partial charge in [-0.25, -0.2) is 4.68 Å². The smallest absolute Gasteiger partial charge is 0.0645 e. The van der Waals surface area contributed by atoms with Crippen molar-refractivity contribution in [2.75, 3.05) is 13.7 Å². The number of rotatable bonds is 7. The Labute approximate surface area is 148 Å². The Bertz CT molecular complexity index is 822. The predicted molar refractivity (Wildman–Crippen MR) is 97.5 cm³/mol. The molecule has 2 heterocycles. The Morgan fingerprint density at radius 3 is 2.60 bits per heavy atom. The summed E-state index contributed by atoms with van der Waals surface area (Å²) in [6, 6.07) is 10.1. The highest BCUT2D eigenvalue weighted by Gasteiger charge is 2.14. The van der Waals surface area contributed by atoms with Crippen LogP contribution in [0.5, 0.6) is 0 Å². The van der Waals surface area contributed by atoms with Gasteiger partial charge in [-0.1, -0.05) is 18.2 Å². The molecule has 3 rings (SSSR count). The lowest BCUT2D eigenvalue weighted by molar-refractivity contribution is 0.267. The summed E-state index contributed by atoms with van der Waals surface area (Å²) in [6.07, 6.45) is 3.99. The van der Waals surface area contributed by atoms with E-state index >= 15 is 0 Å². The van der Waals surface area contributed by atoms with Crippen LogP contribution in [0.4, 0.5) is 0 Å². The maximum Gasteiger partial charge on any atom is 0.0645 e. The monoisotopic (exact) mass is 339 g/mol. The van der Waals surface area contributed by atoms with Crippen molar-refractivity contribution in [3.63, 3.8) is 0 Å². The van der Waals surface area contributed by atoms with E-state index in [1.807, 2.05) is 52.8 Å². The van der Waals surface area contributed by atoms with E-state index in [0.717, 1.165) is 30.2 Å². The average molecular weight is 339 g/mol. The van der Waals surface area contributed by atoms with Crippen LogP contribution in [0.2, 0.25) is 0 Å². The standard InChI is InChI=1S/C19H25N5O/c1-15-19(16(2)23(21-15)9-10-25)14-22(3)12-17-11-20-24(13-17)18-7-5-4-6-8-18/h4-8,11,13,25H,9-10,12,14H2,1-3H3. The van der Waals surface area contributed by atoms with Gasteiger partial charge in [0.05, 0.1) is 30.7 Å². The first kappa shape index (κ1) is 17.4. The summed E-state index contributed by atoms with van der Waals surface area (Å²) in [5.41, 5.74) is 5.61. The first-order valence-corrected chi connectivity index (χ1v) is 8.49. The molecule has 1 N–H and O–H groups in total. The van der Waals surface area contributed by atoms with Crippen LogP contribution in [0.15, 0.2) is 42.7 Å². The fourth-order valence-electron chi connectivity index (χ4n) is 3.08. The van der Waals surface area contributed by atoms with Crippen LogP contribution in [0, 0.1) is 13.8 Å². The fraction of sp³-hybridized carbons (Fsp3) is 0.368. The molecule has 0 saturated carbocycles. The van der Waals surface area contributed by atoms with Crippen LogP contribution >= 0.6 is 0 Å². The van der Waals surface area contributed by atoms with Crippen molar-refractivity contribution >= 4 is 0 Å². The van der Waals surface area contributed by atoms with Crippen molar-refractivity contribution in [3.8, 4) is 5.69 Å². The van der Waals surface area contributed by atoms with Crippen molar-refractivity contribution in [2.45, 2.75) is 33.5 Å². The van der Waals surface area contributed by atoms with Crippen LogP contribution in [0.1, 0.15) is 22.5 Å². The number of nitrogens with zero attached hydrogens (tertiary/aromatic N) is 5. The molecule has 3 aromatic rings. The SMILES string of the molecule is Cc1nn(CCO)c(C)c1CN(C)Cc1cnn(-c2ccccc2)c1. The summed E-state index contributed by atoms with van der Waals surface area (Å²) in [6.45, 7) is 6.37. The highest BCUT2D eigenvalue weighted by Crippen LogP contribution is 2.17. The van der Waals surface area contributed by atoms with Gasteiger partial charge in [-0.15, -0.1) is 0 Å². The highest BCUT2D eigenvalue weighted by molar-refractivity contribution is 5.31. The summed E-state index contributed by atoms with van der Waals surface area (Å²) >= 11 is 0. The summed E-state index contributed by atoms with van der Waals surface area (Å²) in [5, 5.41) is 18.1. The van der Waals surface area contributed by atoms with Crippen LogP contribution in [0.3, 0.4) is 0 Å². The van der Waals surface area contributed by atoms with E-state index in [1.54, 1.807) is 0 Å². The molecule has 0 aliphatic heterocycles. The first-order chi connectivity index (χ1) is 12.1. The van der Waals surface area contributed by atoms with E-state index in [2.05, 4.69) is 35.3 Å². The van der Waals surface area contributed by atoms with Crippen molar-refractivity contribution < 1.29 is 5.11 Å². The number of hydrogen-bond acceptors (Lipinski definition) is 4. The number of para-hydroxylation sites is 1. The molecule has 6 heteroatoms. The maximum absolute atomic E-state index is 9.14. The molecule has 0 aliphatic rings. The van der Waals surface area contributed by atoms with Gasteiger partial charge in [0.2, 0.25) is 0 Å². The van der Waals surface area contributed by atoms with Crippen molar-refractivity contribution in [1.29, 1.82) is 0 Å². The van der Waals surface area contributed by atoms with Gasteiger partial charge < -0.3 is 5.11 Å². The molecule has 0 saturated heterocycles. The fourth-order valence-corrected chi connectivity index (χ4v) is 3.08. The van der Waals surface area contributed by atoms with E-state index in [4.69, 9.17) is 5.11 Å². The Hall–Kier alpha value is -2.44. The molecule has 2 aromatic heterocycles. The molecular weight excluding hydrogens is 314 g/mol. The number of aryl methyl sites for hydroxylation is 1. The van der Waals surface area contributed by atoms with Gasteiger partial charge >= 0.3 is 0 Å². The number of aliphatic hydroxyl groups is 1. The van der Waals surface area contributed by atoms with Gasteiger partial charge in [0, 0.05) is 36.1 Å². The molecule has 0 radical (unpaired) electrons. The quantitative estimate of drug-likeness (QED) is 0.718. The Morgan fingerprint density at radius 1 is 1.12 bits per heavy atom. The predicted octanol–water partition coefficient (Wildman–Crippen LogP) is 2.31. The highest BCUT2D eigenvalue weighted by atomic mass is 16.3. The third kappa shape index (κ3) is 3.97. The lowest BCUT2D eigenvalue weighted by atomic mass is 10.2. The zero-order valence-corrected chi connectivity index (χ0v) is 15.1. The molecule has 6 nitrogen and oxygen atoms in total. The number of hydrogen-bond donors (Lipinski definition) is 1. The number of aromatic nitrogens is 4. The summed E-state index contributed by atoms with van der Waals surface area (Å²) in [7, 11) is 2.10. The van der Waals surface area contributed by atoms with E-state index in [0.29, 0.717) is 6.54 Å². The summed E-state index contributed by atoms with van der Waals surface area (Å²) < 4.78 is 3.78. The first-order valence-electron chi connectivity index (χ1n) is 8.49. The van der Waals surface area contributed by atoms with Crippen molar-refractivity contribution in [2.24, 2.45) is 0 Å². The van der Waals surface area contributed by atoms with Crippen LogP contribution in [0.25, 0.3) is 5.69 Å². The van der Waals surface area contributed by atoms with Gasteiger partial charge in [-0.2, -0.15) is 10.2 Å². The van der Waals surface area contributed by atoms with Gasteiger partial charge in [0.15, 0.2) is 0 Å². The second-order valence-corrected chi connectivity index (χ2v) is 6.40. The molecule has 1 aromatic carbocycles. The van der Waals surface area contributed by atoms with Gasteiger partial charge in [0.1, 0.15) is 0 Å². The molecule has 0 unspecified atom stereocenters. The lowest BCUT2D eigenvalue weighted by Crippen LogP contribution is -2.18. The lowest BCUT2D eigenvalue weighted by Gasteiger charge is -2.16. The number of aliphatic hydroxyl groups excluding tert-OH is 1. The van der Waals surface area contributed by atoms with Crippen LogP contribution < -0.4 is 0 Å². The van der Waals surface area contributed by atoms with Crippen molar-refractivity contribution in [1.82, 2.24) is 24.5 Å². The third-order valence-corrected chi connectivity index (χ3v) is 4.38. The summed E-state index contributed by atoms with van der Waals surface area (Å²) in [4.78, 5) is 2.26. The van der Waals surface area contributed by atoms with E-state index < -0.39 is 0 Å².